The van der Waals surface area contributed by atoms with Gasteiger partial charge in [-0.1, -0.05) is 19.1 Å². The van der Waals surface area contributed by atoms with Gasteiger partial charge in [0.15, 0.2) is 0 Å². The smallest absolute Gasteiger partial charge is 0.246 e. The van der Waals surface area contributed by atoms with E-state index in [2.05, 4.69) is 15.6 Å². The van der Waals surface area contributed by atoms with Gasteiger partial charge in [0, 0.05) is 13.2 Å². The summed E-state index contributed by atoms with van der Waals surface area (Å²) in [6.45, 7) is 5.89. The van der Waals surface area contributed by atoms with Crippen LogP contribution in [0.3, 0.4) is 0 Å². The highest BCUT2D eigenvalue weighted by Crippen LogP contribution is 2.27. The molecule has 1 aromatic heterocycles. The zero-order chi connectivity index (χ0) is 14.9. The molecule has 1 saturated heterocycles. The van der Waals surface area contributed by atoms with Crippen LogP contribution in [0.15, 0.2) is 6.20 Å². The summed E-state index contributed by atoms with van der Waals surface area (Å²) < 4.78 is 1.59. The molecule has 7 heteroatoms. The van der Waals surface area contributed by atoms with Crippen molar-refractivity contribution in [2.24, 2.45) is 7.05 Å². The number of aryl methyl sites for hydroxylation is 1. The van der Waals surface area contributed by atoms with Crippen molar-refractivity contribution in [1.29, 1.82) is 0 Å². The lowest BCUT2D eigenvalue weighted by atomic mass is 9.90. The maximum absolute atomic E-state index is 12.5. The fourth-order valence-electron chi connectivity index (χ4n) is 2.44. The first-order valence-electron chi connectivity index (χ1n) is 6.90. The molecule has 2 unspecified atom stereocenters. The van der Waals surface area contributed by atoms with Gasteiger partial charge in [-0.05, 0) is 19.8 Å². The van der Waals surface area contributed by atoms with E-state index in [4.69, 9.17) is 0 Å². The first-order valence-corrected chi connectivity index (χ1v) is 6.90. The van der Waals surface area contributed by atoms with Gasteiger partial charge in [-0.3, -0.25) is 14.3 Å². The van der Waals surface area contributed by atoms with E-state index in [9.17, 15) is 9.59 Å². The molecule has 1 aromatic rings. The van der Waals surface area contributed by atoms with Gasteiger partial charge in [0.2, 0.25) is 11.8 Å². The van der Waals surface area contributed by atoms with Gasteiger partial charge in [-0.25, -0.2) is 0 Å². The Kier molecular flexibility index (Phi) is 3.78. The Morgan fingerprint density at radius 2 is 2.10 bits per heavy atom. The van der Waals surface area contributed by atoms with Crippen LogP contribution in [0.25, 0.3) is 0 Å². The SMILES string of the molecule is CCC1NC(=O)C(C)(CC)N(Cc2cn(C)nn2)C1=O. The van der Waals surface area contributed by atoms with E-state index in [0.29, 0.717) is 25.1 Å². The van der Waals surface area contributed by atoms with Crippen LogP contribution in [0, 0.1) is 0 Å². The molecule has 2 rings (SSSR count). The minimum atomic E-state index is -0.833. The summed E-state index contributed by atoms with van der Waals surface area (Å²) in [4.78, 5) is 26.5. The van der Waals surface area contributed by atoms with E-state index in [0.717, 1.165) is 0 Å². The molecular formula is C13H21N5O2. The molecule has 0 spiro atoms. The second-order valence-corrected chi connectivity index (χ2v) is 5.37. The van der Waals surface area contributed by atoms with Crippen LogP contribution in [0.2, 0.25) is 0 Å². The number of hydrogen-bond donors (Lipinski definition) is 1. The van der Waals surface area contributed by atoms with Crippen molar-refractivity contribution in [3.63, 3.8) is 0 Å². The second-order valence-electron chi connectivity index (χ2n) is 5.37. The van der Waals surface area contributed by atoms with Crippen molar-refractivity contribution >= 4 is 11.8 Å². The maximum Gasteiger partial charge on any atom is 0.246 e. The van der Waals surface area contributed by atoms with Crippen LogP contribution in [-0.4, -0.2) is 43.3 Å². The van der Waals surface area contributed by atoms with E-state index in [-0.39, 0.29) is 11.8 Å². The second kappa shape index (κ2) is 5.22. The van der Waals surface area contributed by atoms with Crippen LogP contribution in [0.5, 0.6) is 0 Å². The topological polar surface area (TPSA) is 80.1 Å². The average Bonchev–Trinajstić information content (AvgIpc) is 2.84. The minimum Gasteiger partial charge on any atom is -0.342 e. The quantitative estimate of drug-likeness (QED) is 0.855. The summed E-state index contributed by atoms with van der Waals surface area (Å²) in [7, 11) is 1.77. The van der Waals surface area contributed by atoms with Gasteiger partial charge in [-0.2, -0.15) is 0 Å². The molecule has 0 bridgehead atoms. The summed E-state index contributed by atoms with van der Waals surface area (Å²) in [5.41, 5.74) is -0.148. The third kappa shape index (κ3) is 2.28. The van der Waals surface area contributed by atoms with Gasteiger partial charge in [0.05, 0.1) is 6.54 Å². The number of nitrogens with one attached hydrogen (secondary N) is 1. The molecule has 7 nitrogen and oxygen atoms in total. The lowest BCUT2D eigenvalue weighted by Gasteiger charge is -2.45. The summed E-state index contributed by atoms with van der Waals surface area (Å²) >= 11 is 0. The third-order valence-corrected chi connectivity index (χ3v) is 4.02. The lowest BCUT2D eigenvalue weighted by Crippen LogP contribution is -2.68. The third-order valence-electron chi connectivity index (χ3n) is 4.02. The summed E-state index contributed by atoms with van der Waals surface area (Å²) in [5.74, 6) is -0.155. The number of carbonyl (C=O) groups is 2. The molecule has 0 aliphatic carbocycles. The Morgan fingerprint density at radius 1 is 1.40 bits per heavy atom. The van der Waals surface area contributed by atoms with E-state index < -0.39 is 11.6 Å². The van der Waals surface area contributed by atoms with Crippen LogP contribution < -0.4 is 5.32 Å². The van der Waals surface area contributed by atoms with Gasteiger partial charge in [0.25, 0.3) is 0 Å². The number of hydrogen-bond acceptors (Lipinski definition) is 4. The molecule has 1 fully saturated rings. The van der Waals surface area contributed by atoms with Crippen LogP contribution in [0.1, 0.15) is 39.3 Å². The van der Waals surface area contributed by atoms with Gasteiger partial charge >= 0.3 is 0 Å². The van der Waals surface area contributed by atoms with Crippen LogP contribution in [-0.2, 0) is 23.2 Å². The predicted octanol–water partition coefficient (Wildman–Crippen LogP) is 0.221. The monoisotopic (exact) mass is 279 g/mol. The first kappa shape index (κ1) is 14.5. The Labute approximate surface area is 118 Å². The van der Waals surface area contributed by atoms with Gasteiger partial charge in [-0.15, -0.1) is 5.10 Å². The molecule has 1 aliphatic rings. The fourth-order valence-corrected chi connectivity index (χ4v) is 2.44. The zero-order valence-corrected chi connectivity index (χ0v) is 12.4. The highest BCUT2D eigenvalue weighted by atomic mass is 16.2. The number of piperazine rings is 1. The van der Waals surface area contributed by atoms with E-state index in [1.807, 2.05) is 13.8 Å². The van der Waals surface area contributed by atoms with Crippen molar-refractivity contribution < 1.29 is 9.59 Å². The Bertz CT molecular complexity index is 527. The summed E-state index contributed by atoms with van der Waals surface area (Å²) in [6.07, 6.45) is 2.90. The number of aromatic nitrogens is 3. The maximum atomic E-state index is 12.5. The molecule has 2 heterocycles. The molecule has 2 atom stereocenters. The van der Waals surface area contributed by atoms with Crippen LogP contribution >= 0.6 is 0 Å². The molecule has 110 valence electrons. The first-order chi connectivity index (χ1) is 9.42. The Hall–Kier alpha value is -1.92. The average molecular weight is 279 g/mol. The standard InChI is InChI=1S/C13H21N5O2/c1-5-10-11(19)18(8-9-7-17(4)16-15-9)13(3,6-2)12(20)14-10/h7,10H,5-6,8H2,1-4H3,(H,14,20). The lowest BCUT2D eigenvalue weighted by molar-refractivity contribution is -0.157. The molecule has 20 heavy (non-hydrogen) atoms. The number of amides is 2. The van der Waals surface area contributed by atoms with Crippen molar-refractivity contribution in [2.45, 2.75) is 51.7 Å². The molecule has 0 radical (unpaired) electrons. The fraction of sp³-hybridized carbons (Fsp3) is 0.692. The number of nitrogens with zero attached hydrogens (tertiary/aromatic N) is 4. The normalized spacial score (nSPS) is 26.8. The Morgan fingerprint density at radius 3 is 2.60 bits per heavy atom. The van der Waals surface area contributed by atoms with Crippen molar-refractivity contribution in [3.8, 4) is 0 Å². The molecule has 0 saturated carbocycles. The zero-order valence-electron chi connectivity index (χ0n) is 12.4. The van der Waals surface area contributed by atoms with E-state index in [1.165, 1.54) is 0 Å². The summed E-state index contributed by atoms with van der Waals surface area (Å²) in [6, 6.07) is -0.446. The summed E-state index contributed by atoms with van der Waals surface area (Å²) in [5, 5.41) is 10.7. The highest BCUT2D eigenvalue weighted by molar-refractivity contribution is 5.99. The number of carbonyl (C=O) groups excluding carboxylic acids is 2. The number of rotatable bonds is 4. The minimum absolute atomic E-state index is 0.0536. The molecular weight excluding hydrogens is 258 g/mol. The van der Waals surface area contributed by atoms with Gasteiger partial charge in [0.1, 0.15) is 17.3 Å². The Balaban J connectivity index is 2.32. The van der Waals surface area contributed by atoms with Crippen LogP contribution in [0.4, 0.5) is 0 Å². The molecule has 1 N–H and O–H groups in total. The highest BCUT2D eigenvalue weighted by Gasteiger charge is 2.47. The van der Waals surface area contributed by atoms with Crippen molar-refractivity contribution in [3.05, 3.63) is 11.9 Å². The van der Waals surface area contributed by atoms with Crippen molar-refractivity contribution in [1.82, 2.24) is 25.2 Å². The molecule has 1 aliphatic heterocycles. The van der Waals surface area contributed by atoms with E-state index in [1.54, 1.807) is 29.7 Å². The predicted molar refractivity (Wildman–Crippen MR) is 72.5 cm³/mol. The molecule has 0 aromatic carbocycles. The largest absolute Gasteiger partial charge is 0.342 e. The van der Waals surface area contributed by atoms with Crippen molar-refractivity contribution in [2.75, 3.05) is 0 Å². The van der Waals surface area contributed by atoms with E-state index >= 15 is 0 Å². The van der Waals surface area contributed by atoms with Gasteiger partial charge < -0.3 is 10.2 Å². The molecule has 2 amide bonds.